The number of nitrogens with one attached hydrogen (secondary N) is 1. The fourth-order valence-electron chi connectivity index (χ4n) is 2.73. The number of nitrogens with zero attached hydrogens (tertiary/aromatic N) is 1. The van der Waals surface area contributed by atoms with Crippen molar-refractivity contribution in [2.45, 2.75) is 32.0 Å². The molecule has 0 bridgehead atoms. The Morgan fingerprint density at radius 1 is 1.38 bits per heavy atom. The Labute approximate surface area is 123 Å². The first-order valence-corrected chi connectivity index (χ1v) is 6.73. The zero-order chi connectivity index (χ0) is 15.6. The van der Waals surface area contributed by atoms with Crippen LogP contribution in [-0.2, 0) is 19.1 Å². The first kappa shape index (κ1) is 15.2. The van der Waals surface area contributed by atoms with Crippen LogP contribution in [0.1, 0.15) is 19.8 Å². The van der Waals surface area contributed by atoms with Crippen molar-refractivity contribution in [3.63, 3.8) is 0 Å². The number of piperidine rings is 1. The minimum atomic E-state index is -0.703. The SMILES string of the molecule is C=C/C=C1/C(=O)N(C2CCC(=O)NC2=O)C(OC)/C1=C/C. The van der Waals surface area contributed by atoms with E-state index in [2.05, 4.69) is 11.9 Å². The van der Waals surface area contributed by atoms with Crippen LogP contribution < -0.4 is 5.32 Å². The van der Waals surface area contributed by atoms with E-state index in [4.69, 9.17) is 4.74 Å². The molecule has 0 radical (unpaired) electrons. The van der Waals surface area contributed by atoms with Crippen LogP contribution in [0.25, 0.3) is 0 Å². The Balaban J connectivity index is 2.40. The summed E-state index contributed by atoms with van der Waals surface area (Å²) in [6.07, 6.45) is 4.80. The molecule has 0 aromatic carbocycles. The molecule has 2 atom stereocenters. The molecule has 6 heteroatoms. The Hall–Kier alpha value is -2.21. The lowest BCUT2D eigenvalue weighted by atomic mass is 10.0. The highest BCUT2D eigenvalue weighted by molar-refractivity contribution is 6.07. The Morgan fingerprint density at radius 3 is 2.62 bits per heavy atom. The van der Waals surface area contributed by atoms with E-state index in [1.807, 2.05) is 0 Å². The number of methoxy groups -OCH3 is 1. The van der Waals surface area contributed by atoms with Crippen LogP contribution in [0, 0.1) is 0 Å². The lowest BCUT2D eigenvalue weighted by Crippen LogP contribution is -2.55. The van der Waals surface area contributed by atoms with Gasteiger partial charge in [-0.3, -0.25) is 24.6 Å². The largest absolute Gasteiger partial charge is 0.357 e. The predicted molar refractivity (Wildman–Crippen MR) is 75.9 cm³/mol. The van der Waals surface area contributed by atoms with Crippen molar-refractivity contribution in [1.29, 1.82) is 0 Å². The molecule has 2 rings (SSSR count). The zero-order valence-electron chi connectivity index (χ0n) is 12.1. The Kier molecular flexibility index (Phi) is 4.37. The van der Waals surface area contributed by atoms with Crippen molar-refractivity contribution in [1.82, 2.24) is 10.2 Å². The number of carbonyl (C=O) groups is 3. The number of imide groups is 1. The van der Waals surface area contributed by atoms with Gasteiger partial charge in [-0.25, -0.2) is 0 Å². The first-order valence-electron chi connectivity index (χ1n) is 6.73. The summed E-state index contributed by atoms with van der Waals surface area (Å²) >= 11 is 0. The molecule has 1 N–H and O–H groups in total. The third-order valence-corrected chi connectivity index (χ3v) is 3.66. The molecule has 2 saturated heterocycles. The first-order chi connectivity index (χ1) is 10.0. The van der Waals surface area contributed by atoms with E-state index in [1.165, 1.54) is 18.1 Å². The summed E-state index contributed by atoms with van der Waals surface area (Å²) in [5, 5.41) is 2.26. The summed E-state index contributed by atoms with van der Waals surface area (Å²) in [6.45, 7) is 5.41. The summed E-state index contributed by atoms with van der Waals surface area (Å²) in [7, 11) is 1.48. The van der Waals surface area contributed by atoms with Crippen LogP contribution in [0.5, 0.6) is 0 Å². The Bertz CT molecular complexity index is 562. The molecular weight excluding hydrogens is 272 g/mol. The normalized spacial score (nSPS) is 30.2. The highest BCUT2D eigenvalue weighted by Gasteiger charge is 2.46. The highest BCUT2D eigenvalue weighted by atomic mass is 16.5. The second-order valence-corrected chi connectivity index (χ2v) is 4.83. The molecule has 21 heavy (non-hydrogen) atoms. The van der Waals surface area contributed by atoms with E-state index in [-0.39, 0.29) is 18.2 Å². The average molecular weight is 290 g/mol. The van der Waals surface area contributed by atoms with E-state index >= 15 is 0 Å². The smallest absolute Gasteiger partial charge is 0.257 e. The van der Waals surface area contributed by atoms with Gasteiger partial charge in [0.05, 0.1) is 0 Å². The second-order valence-electron chi connectivity index (χ2n) is 4.83. The van der Waals surface area contributed by atoms with Gasteiger partial charge in [0, 0.05) is 24.7 Å². The number of hydrogen-bond donors (Lipinski definition) is 1. The average Bonchev–Trinajstić information content (AvgIpc) is 2.72. The van der Waals surface area contributed by atoms with Crippen molar-refractivity contribution in [2.24, 2.45) is 0 Å². The van der Waals surface area contributed by atoms with Gasteiger partial charge in [-0.2, -0.15) is 0 Å². The number of ether oxygens (including phenoxy) is 1. The summed E-state index contributed by atoms with van der Waals surface area (Å²) < 4.78 is 5.40. The van der Waals surface area contributed by atoms with Gasteiger partial charge in [-0.1, -0.05) is 18.7 Å². The maximum absolute atomic E-state index is 12.6. The monoisotopic (exact) mass is 290 g/mol. The molecule has 0 spiro atoms. The van der Waals surface area contributed by atoms with Gasteiger partial charge < -0.3 is 4.74 Å². The molecule has 0 aliphatic carbocycles. The van der Waals surface area contributed by atoms with Gasteiger partial charge in [-0.15, -0.1) is 0 Å². The van der Waals surface area contributed by atoms with Gasteiger partial charge in [0.1, 0.15) is 6.04 Å². The minimum absolute atomic E-state index is 0.211. The molecule has 2 heterocycles. The maximum atomic E-state index is 12.6. The lowest BCUT2D eigenvalue weighted by Gasteiger charge is -2.33. The van der Waals surface area contributed by atoms with Gasteiger partial charge in [0.25, 0.3) is 5.91 Å². The third-order valence-electron chi connectivity index (χ3n) is 3.66. The van der Waals surface area contributed by atoms with Crippen LogP contribution in [0.15, 0.2) is 36.0 Å². The van der Waals surface area contributed by atoms with E-state index in [0.29, 0.717) is 17.6 Å². The molecule has 0 saturated carbocycles. The number of likely N-dealkylation sites (tertiary alicyclic amines) is 1. The van der Waals surface area contributed by atoms with Gasteiger partial charge >= 0.3 is 0 Å². The number of rotatable bonds is 3. The summed E-state index contributed by atoms with van der Waals surface area (Å²) in [5.74, 6) is -1.06. The molecule has 2 fully saturated rings. The van der Waals surface area contributed by atoms with Gasteiger partial charge in [-0.05, 0) is 19.4 Å². The van der Waals surface area contributed by atoms with Crippen molar-refractivity contribution >= 4 is 17.7 Å². The Morgan fingerprint density at radius 2 is 2.10 bits per heavy atom. The molecule has 0 aromatic rings. The lowest BCUT2D eigenvalue weighted by molar-refractivity contribution is -0.149. The number of hydrogen-bond acceptors (Lipinski definition) is 4. The van der Waals surface area contributed by atoms with Gasteiger partial charge in [0.2, 0.25) is 11.8 Å². The fraction of sp³-hybridized carbons (Fsp3) is 0.400. The molecule has 2 aliphatic heterocycles. The summed E-state index contributed by atoms with van der Waals surface area (Å²) in [5.41, 5.74) is 1.16. The molecule has 6 nitrogen and oxygen atoms in total. The van der Waals surface area contributed by atoms with Crippen LogP contribution in [-0.4, -0.2) is 42.0 Å². The minimum Gasteiger partial charge on any atom is -0.357 e. The van der Waals surface area contributed by atoms with E-state index in [1.54, 1.807) is 19.1 Å². The quantitative estimate of drug-likeness (QED) is 0.612. The number of amides is 3. The van der Waals surface area contributed by atoms with Crippen LogP contribution in [0.2, 0.25) is 0 Å². The van der Waals surface area contributed by atoms with E-state index in [0.717, 1.165) is 0 Å². The maximum Gasteiger partial charge on any atom is 0.257 e. The van der Waals surface area contributed by atoms with Crippen LogP contribution in [0.4, 0.5) is 0 Å². The van der Waals surface area contributed by atoms with E-state index < -0.39 is 18.2 Å². The van der Waals surface area contributed by atoms with Crippen molar-refractivity contribution < 1.29 is 19.1 Å². The molecular formula is C15H18N2O4. The summed E-state index contributed by atoms with van der Waals surface area (Å²) in [4.78, 5) is 37.2. The van der Waals surface area contributed by atoms with Gasteiger partial charge in [0.15, 0.2) is 6.23 Å². The summed E-state index contributed by atoms with van der Waals surface area (Å²) in [6, 6.07) is -0.703. The van der Waals surface area contributed by atoms with Crippen molar-refractivity contribution in [2.75, 3.05) is 7.11 Å². The fourth-order valence-corrected chi connectivity index (χ4v) is 2.73. The predicted octanol–water partition coefficient (Wildman–Crippen LogP) is 0.665. The van der Waals surface area contributed by atoms with Crippen molar-refractivity contribution in [3.05, 3.63) is 36.0 Å². The van der Waals surface area contributed by atoms with E-state index in [9.17, 15) is 14.4 Å². The second kappa shape index (κ2) is 6.05. The molecule has 2 unspecified atom stereocenters. The third kappa shape index (κ3) is 2.54. The molecule has 112 valence electrons. The topological polar surface area (TPSA) is 75.7 Å². The number of carbonyl (C=O) groups excluding carboxylic acids is 3. The molecule has 3 amide bonds. The van der Waals surface area contributed by atoms with Crippen molar-refractivity contribution in [3.8, 4) is 0 Å². The zero-order valence-corrected chi connectivity index (χ0v) is 12.1. The standard InChI is InChI=1S/C15H18N2O4/c1-4-6-10-9(5-2)15(21-3)17(14(10)20)11-7-8-12(18)16-13(11)19/h4-6,11,15H,1,7-8H2,2-3H3,(H,16,18,19)/b9-5+,10-6+. The van der Waals surface area contributed by atoms with Crippen LogP contribution in [0.3, 0.4) is 0 Å². The van der Waals surface area contributed by atoms with Crippen LogP contribution >= 0.6 is 0 Å². The highest BCUT2D eigenvalue weighted by Crippen LogP contribution is 2.34. The molecule has 0 aromatic heterocycles. The number of allylic oxidation sites excluding steroid dienone is 3. The molecule has 2 aliphatic rings.